The van der Waals surface area contributed by atoms with Gasteiger partial charge in [0.15, 0.2) is 0 Å². The standard InChI is InChI=1S/C15H18BrN3O/c1-11(20)18-10-12-4-6-19(7-5-12)14-3-2-13(9-17)15(16)8-14/h2-3,8,12H,4-7,10H2,1H3,(H,18,20). The number of nitrogens with zero attached hydrogens (tertiary/aromatic N) is 2. The Labute approximate surface area is 127 Å². The van der Waals surface area contributed by atoms with Gasteiger partial charge in [0, 0.05) is 36.7 Å². The number of nitrogens with one attached hydrogen (secondary N) is 1. The van der Waals surface area contributed by atoms with Crippen LogP contribution in [0.5, 0.6) is 0 Å². The third-order valence-corrected chi connectivity index (χ3v) is 4.35. The third kappa shape index (κ3) is 3.73. The van der Waals surface area contributed by atoms with Crippen molar-refractivity contribution >= 4 is 27.5 Å². The van der Waals surface area contributed by atoms with Gasteiger partial charge in [-0.15, -0.1) is 0 Å². The van der Waals surface area contributed by atoms with Crippen molar-refractivity contribution in [2.24, 2.45) is 5.92 Å². The lowest BCUT2D eigenvalue weighted by Gasteiger charge is -2.33. The molecule has 0 spiro atoms. The molecular formula is C15H18BrN3O. The average Bonchev–Trinajstić information content (AvgIpc) is 2.45. The van der Waals surface area contributed by atoms with Crippen LogP contribution in [0.3, 0.4) is 0 Å². The maximum atomic E-state index is 10.9. The molecule has 0 bridgehead atoms. The van der Waals surface area contributed by atoms with Crippen LogP contribution in [-0.2, 0) is 4.79 Å². The molecule has 1 aliphatic rings. The number of nitriles is 1. The fourth-order valence-electron chi connectivity index (χ4n) is 2.47. The molecule has 5 heteroatoms. The zero-order chi connectivity index (χ0) is 14.5. The van der Waals surface area contributed by atoms with Crippen molar-refractivity contribution in [3.05, 3.63) is 28.2 Å². The summed E-state index contributed by atoms with van der Waals surface area (Å²) in [6, 6.07) is 8.01. The highest BCUT2D eigenvalue weighted by Gasteiger charge is 2.20. The Morgan fingerprint density at radius 2 is 2.20 bits per heavy atom. The SMILES string of the molecule is CC(=O)NCC1CCN(c2ccc(C#N)c(Br)c2)CC1. The molecule has 106 valence electrons. The molecule has 0 atom stereocenters. The van der Waals surface area contributed by atoms with Gasteiger partial charge in [-0.1, -0.05) is 0 Å². The number of halogens is 1. The first kappa shape index (κ1) is 14.9. The number of carbonyl (C=O) groups is 1. The van der Waals surface area contributed by atoms with Gasteiger partial charge in [0.25, 0.3) is 0 Å². The van der Waals surface area contributed by atoms with Crippen LogP contribution in [0.1, 0.15) is 25.3 Å². The molecule has 1 saturated heterocycles. The predicted octanol–water partition coefficient (Wildman–Crippen LogP) is 2.67. The third-order valence-electron chi connectivity index (χ3n) is 3.69. The summed E-state index contributed by atoms with van der Waals surface area (Å²) in [6.07, 6.45) is 2.16. The second-order valence-corrected chi connectivity index (χ2v) is 6.00. The number of rotatable bonds is 3. The molecule has 1 amide bonds. The van der Waals surface area contributed by atoms with Gasteiger partial charge in [0.1, 0.15) is 6.07 Å². The van der Waals surface area contributed by atoms with E-state index in [0.717, 1.165) is 42.6 Å². The van der Waals surface area contributed by atoms with E-state index < -0.39 is 0 Å². The van der Waals surface area contributed by atoms with Crippen LogP contribution in [0.4, 0.5) is 5.69 Å². The summed E-state index contributed by atoms with van der Waals surface area (Å²) in [5, 5.41) is 11.8. The van der Waals surface area contributed by atoms with Crippen LogP contribution in [0.15, 0.2) is 22.7 Å². The van der Waals surface area contributed by atoms with Gasteiger partial charge in [0.2, 0.25) is 5.91 Å². The van der Waals surface area contributed by atoms with E-state index in [2.05, 4.69) is 32.2 Å². The first-order valence-electron chi connectivity index (χ1n) is 6.79. The molecule has 0 aliphatic carbocycles. The van der Waals surface area contributed by atoms with Crippen molar-refractivity contribution in [2.75, 3.05) is 24.5 Å². The summed E-state index contributed by atoms with van der Waals surface area (Å²) in [4.78, 5) is 13.2. The number of carbonyl (C=O) groups excluding carboxylic acids is 1. The molecular weight excluding hydrogens is 318 g/mol. The number of piperidine rings is 1. The Morgan fingerprint density at radius 1 is 1.50 bits per heavy atom. The molecule has 1 N–H and O–H groups in total. The summed E-state index contributed by atoms with van der Waals surface area (Å²) in [6.45, 7) is 4.31. The molecule has 1 fully saturated rings. The van der Waals surface area contributed by atoms with Gasteiger partial charge >= 0.3 is 0 Å². The van der Waals surface area contributed by atoms with Gasteiger partial charge in [-0.25, -0.2) is 0 Å². The minimum absolute atomic E-state index is 0.0449. The van der Waals surface area contributed by atoms with Crippen molar-refractivity contribution in [1.29, 1.82) is 5.26 Å². The Bertz CT molecular complexity index is 530. The number of amides is 1. The van der Waals surface area contributed by atoms with E-state index in [1.54, 1.807) is 6.92 Å². The number of hydrogen-bond donors (Lipinski definition) is 1. The predicted molar refractivity (Wildman–Crippen MR) is 82.5 cm³/mol. The lowest BCUT2D eigenvalue weighted by Crippen LogP contribution is -2.38. The zero-order valence-electron chi connectivity index (χ0n) is 11.5. The fourth-order valence-corrected chi connectivity index (χ4v) is 2.93. The lowest BCUT2D eigenvalue weighted by molar-refractivity contribution is -0.119. The highest BCUT2D eigenvalue weighted by Crippen LogP contribution is 2.27. The largest absolute Gasteiger partial charge is 0.371 e. The van der Waals surface area contributed by atoms with Crippen molar-refractivity contribution in [1.82, 2.24) is 5.32 Å². The van der Waals surface area contributed by atoms with E-state index >= 15 is 0 Å². The van der Waals surface area contributed by atoms with E-state index in [-0.39, 0.29) is 5.91 Å². The van der Waals surface area contributed by atoms with Gasteiger partial charge in [-0.05, 0) is 52.9 Å². The lowest BCUT2D eigenvalue weighted by atomic mass is 9.96. The summed E-state index contributed by atoms with van der Waals surface area (Å²) >= 11 is 3.43. The second kappa shape index (κ2) is 6.76. The first-order valence-corrected chi connectivity index (χ1v) is 7.58. The van der Waals surface area contributed by atoms with Crippen LogP contribution in [0, 0.1) is 17.2 Å². The van der Waals surface area contributed by atoms with Crippen LogP contribution >= 0.6 is 15.9 Å². The molecule has 20 heavy (non-hydrogen) atoms. The molecule has 1 aromatic carbocycles. The molecule has 4 nitrogen and oxygen atoms in total. The minimum atomic E-state index is 0.0449. The van der Waals surface area contributed by atoms with Crippen molar-refractivity contribution < 1.29 is 4.79 Å². The summed E-state index contributed by atoms with van der Waals surface area (Å²) < 4.78 is 0.845. The minimum Gasteiger partial charge on any atom is -0.371 e. The second-order valence-electron chi connectivity index (χ2n) is 5.14. The van der Waals surface area contributed by atoms with E-state index in [1.165, 1.54) is 0 Å². The van der Waals surface area contributed by atoms with Crippen LogP contribution < -0.4 is 10.2 Å². The molecule has 0 saturated carbocycles. The van der Waals surface area contributed by atoms with Crippen LogP contribution in [0.2, 0.25) is 0 Å². The molecule has 1 aromatic rings. The van der Waals surface area contributed by atoms with Gasteiger partial charge in [0.05, 0.1) is 5.56 Å². The molecule has 0 radical (unpaired) electrons. The van der Waals surface area contributed by atoms with Gasteiger partial charge in [-0.2, -0.15) is 5.26 Å². The van der Waals surface area contributed by atoms with E-state index in [4.69, 9.17) is 5.26 Å². The number of hydrogen-bond acceptors (Lipinski definition) is 3. The molecule has 2 rings (SSSR count). The highest BCUT2D eigenvalue weighted by molar-refractivity contribution is 9.10. The topological polar surface area (TPSA) is 56.1 Å². The van der Waals surface area contributed by atoms with Crippen molar-refractivity contribution in [3.8, 4) is 6.07 Å². The molecule has 0 unspecified atom stereocenters. The van der Waals surface area contributed by atoms with Crippen molar-refractivity contribution in [2.45, 2.75) is 19.8 Å². The van der Waals surface area contributed by atoms with Crippen LogP contribution in [0.25, 0.3) is 0 Å². The normalized spacial score (nSPS) is 15.8. The summed E-state index contributed by atoms with van der Waals surface area (Å²) in [7, 11) is 0. The molecule has 1 aliphatic heterocycles. The van der Waals surface area contributed by atoms with E-state index in [0.29, 0.717) is 11.5 Å². The van der Waals surface area contributed by atoms with Crippen molar-refractivity contribution in [3.63, 3.8) is 0 Å². The van der Waals surface area contributed by atoms with Gasteiger partial charge < -0.3 is 10.2 Å². The number of anilines is 1. The average molecular weight is 336 g/mol. The van der Waals surface area contributed by atoms with Gasteiger partial charge in [-0.3, -0.25) is 4.79 Å². The molecule has 1 heterocycles. The smallest absolute Gasteiger partial charge is 0.216 e. The Kier molecular flexibility index (Phi) is 5.02. The quantitative estimate of drug-likeness (QED) is 0.923. The number of benzene rings is 1. The maximum absolute atomic E-state index is 10.9. The van der Waals surface area contributed by atoms with Crippen LogP contribution in [-0.4, -0.2) is 25.5 Å². The molecule has 0 aromatic heterocycles. The fraction of sp³-hybridized carbons (Fsp3) is 0.467. The van der Waals surface area contributed by atoms with E-state index in [1.807, 2.05) is 18.2 Å². The monoisotopic (exact) mass is 335 g/mol. The zero-order valence-corrected chi connectivity index (χ0v) is 13.1. The highest BCUT2D eigenvalue weighted by atomic mass is 79.9. The summed E-state index contributed by atoms with van der Waals surface area (Å²) in [5.74, 6) is 0.612. The summed E-state index contributed by atoms with van der Waals surface area (Å²) in [5.41, 5.74) is 1.81. The maximum Gasteiger partial charge on any atom is 0.216 e. The first-order chi connectivity index (χ1) is 9.60. The Hall–Kier alpha value is -1.54. The Morgan fingerprint density at radius 3 is 2.75 bits per heavy atom. The van der Waals surface area contributed by atoms with E-state index in [9.17, 15) is 4.79 Å². The Balaban J connectivity index is 1.92.